The van der Waals surface area contributed by atoms with Crippen LogP contribution in [-0.2, 0) is 4.74 Å². The summed E-state index contributed by atoms with van der Waals surface area (Å²) in [7, 11) is 0. The van der Waals surface area contributed by atoms with E-state index >= 15 is 0 Å². The zero-order valence-electron chi connectivity index (χ0n) is 8.12. The van der Waals surface area contributed by atoms with Crippen LogP contribution in [0.25, 0.3) is 0 Å². The van der Waals surface area contributed by atoms with Gasteiger partial charge in [-0.1, -0.05) is 15.9 Å². The van der Waals surface area contributed by atoms with Crippen molar-refractivity contribution in [1.82, 2.24) is 15.5 Å². The fourth-order valence-corrected chi connectivity index (χ4v) is 2.12. The van der Waals surface area contributed by atoms with Gasteiger partial charge in [-0.25, -0.2) is 0 Å². The third kappa shape index (κ3) is 2.21. The van der Waals surface area contributed by atoms with E-state index in [1.807, 2.05) is 0 Å². The zero-order chi connectivity index (χ0) is 10.7. The largest absolute Gasteiger partial charge is 0.379 e. The Morgan fingerprint density at radius 3 is 3.20 bits per heavy atom. The number of nitrogens with one attached hydrogen (secondary N) is 2. The number of aromatic amines is 1. The monoisotopic (exact) mass is 273 g/mol. The summed E-state index contributed by atoms with van der Waals surface area (Å²) < 4.78 is 5.30. The fourth-order valence-electron chi connectivity index (χ4n) is 1.54. The second-order valence-corrected chi connectivity index (χ2v) is 4.20. The van der Waals surface area contributed by atoms with Crippen LogP contribution in [0.3, 0.4) is 0 Å². The number of H-pyrrole nitrogens is 1. The third-order valence-corrected chi connectivity index (χ3v) is 3.56. The molecular weight excluding hydrogens is 262 g/mol. The average molecular weight is 274 g/mol. The molecule has 0 bridgehead atoms. The van der Waals surface area contributed by atoms with Gasteiger partial charge in [0.25, 0.3) is 5.91 Å². The smallest absolute Gasteiger partial charge is 0.269 e. The van der Waals surface area contributed by atoms with Crippen LogP contribution < -0.4 is 5.32 Å². The average Bonchev–Trinajstić information content (AvgIpc) is 2.88. The molecule has 6 heteroatoms. The first-order valence-electron chi connectivity index (χ1n) is 4.71. The molecule has 0 saturated carbocycles. The summed E-state index contributed by atoms with van der Waals surface area (Å²) in [6, 6.07) is 1.65. The first kappa shape index (κ1) is 10.6. The molecular formula is C9H12BrN3O2. The maximum atomic E-state index is 11.8. The van der Waals surface area contributed by atoms with Crippen LogP contribution in [-0.4, -0.2) is 40.2 Å². The number of carbonyl (C=O) groups excluding carboxylic acids is 1. The molecule has 2 rings (SSSR count). The van der Waals surface area contributed by atoms with E-state index in [1.54, 1.807) is 12.3 Å². The number of amides is 1. The Balaban J connectivity index is 2.04. The van der Waals surface area contributed by atoms with Crippen LogP contribution in [0, 0.1) is 0 Å². The molecule has 2 heterocycles. The number of rotatable bonds is 3. The molecule has 1 aromatic rings. The summed E-state index contributed by atoms with van der Waals surface area (Å²) >= 11 is 3.40. The molecule has 0 spiro atoms. The minimum absolute atomic E-state index is 0.141. The highest BCUT2D eigenvalue weighted by atomic mass is 79.9. The molecule has 1 unspecified atom stereocenters. The van der Waals surface area contributed by atoms with Gasteiger partial charge in [-0.15, -0.1) is 0 Å². The van der Waals surface area contributed by atoms with Gasteiger partial charge in [-0.2, -0.15) is 5.10 Å². The lowest BCUT2D eigenvalue weighted by atomic mass is 10.0. The normalized spacial score (nSPS) is 25.4. The van der Waals surface area contributed by atoms with Gasteiger partial charge in [0, 0.05) is 18.1 Å². The molecule has 2 N–H and O–H groups in total. The van der Waals surface area contributed by atoms with Crippen molar-refractivity contribution in [1.29, 1.82) is 0 Å². The number of hydrogen-bond donors (Lipinski definition) is 2. The van der Waals surface area contributed by atoms with Crippen molar-refractivity contribution in [2.75, 3.05) is 18.5 Å². The maximum Gasteiger partial charge on any atom is 0.269 e. The minimum atomic E-state index is -0.276. The van der Waals surface area contributed by atoms with E-state index < -0.39 is 0 Å². The Bertz CT molecular complexity index is 333. The lowest BCUT2D eigenvalue weighted by molar-refractivity contribution is 0.0888. The van der Waals surface area contributed by atoms with E-state index in [0.717, 1.165) is 6.42 Å². The predicted octanol–water partition coefficient (Wildman–Crippen LogP) is 0.693. The molecule has 1 aliphatic rings. The van der Waals surface area contributed by atoms with Gasteiger partial charge in [-0.3, -0.25) is 9.89 Å². The molecule has 5 nitrogen and oxygen atoms in total. The van der Waals surface area contributed by atoms with E-state index in [2.05, 4.69) is 31.4 Å². The summed E-state index contributed by atoms with van der Waals surface area (Å²) in [4.78, 5) is 11.8. The Labute approximate surface area is 95.7 Å². The standard InChI is InChI=1S/C9H12BrN3O2/c10-5-9(2-4-15-6-9)12-8(14)7-1-3-11-13-7/h1,3H,2,4-6H2,(H,11,13)(H,12,14). The molecule has 0 aromatic carbocycles. The van der Waals surface area contributed by atoms with Crippen LogP contribution in [0.4, 0.5) is 0 Å². The fraction of sp³-hybridized carbons (Fsp3) is 0.556. The Kier molecular flexibility index (Phi) is 3.06. The van der Waals surface area contributed by atoms with Crippen molar-refractivity contribution in [3.8, 4) is 0 Å². The van der Waals surface area contributed by atoms with Gasteiger partial charge in [0.2, 0.25) is 0 Å². The second kappa shape index (κ2) is 4.32. The number of carbonyl (C=O) groups is 1. The van der Waals surface area contributed by atoms with Gasteiger partial charge < -0.3 is 10.1 Å². The Hall–Kier alpha value is -0.880. The number of nitrogens with zero attached hydrogens (tertiary/aromatic N) is 1. The van der Waals surface area contributed by atoms with E-state index in [1.165, 1.54) is 0 Å². The van der Waals surface area contributed by atoms with E-state index in [4.69, 9.17) is 4.74 Å². The molecule has 82 valence electrons. The van der Waals surface area contributed by atoms with Crippen molar-refractivity contribution in [3.05, 3.63) is 18.0 Å². The van der Waals surface area contributed by atoms with Gasteiger partial charge in [0.1, 0.15) is 5.69 Å². The molecule has 1 aromatic heterocycles. The molecule has 0 radical (unpaired) electrons. The number of alkyl halides is 1. The van der Waals surface area contributed by atoms with E-state index in [0.29, 0.717) is 24.2 Å². The third-order valence-electron chi connectivity index (χ3n) is 2.48. The van der Waals surface area contributed by atoms with Crippen molar-refractivity contribution in [2.45, 2.75) is 12.0 Å². The molecule has 1 atom stereocenters. The number of halogens is 1. The summed E-state index contributed by atoms with van der Waals surface area (Å²) in [6.07, 6.45) is 2.39. The topological polar surface area (TPSA) is 67.0 Å². The van der Waals surface area contributed by atoms with Crippen molar-refractivity contribution in [2.24, 2.45) is 0 Å². The summed E-state index contributed by atoms with van der Waals surface area (Å²) in [5.74, 6) is -0.141. The van der Waals surface area contributed by atoms with Gasteiger partial charge in [0.15, 0.2) is 0 Å². The zero-order valence-corrected chi connectivity index (χ0v) is 9.71. The highest BCUT2D eigenvalue weighted by Crippen LogP contribution is 2.21. The summed E-state index contributed by atoms with van der Waals surface area (Å²) in [5, 5.41) is 10.0. The van der Waals surface area contributed by atoms with Crippen molar-refractivity contribution < 1.29 is 9.53 Å². The molecule has 1 aliphatic heterocycles. The molecule has 15 heavy (non-hydrogen) atoms. The predicted molar refractivity (Wildman–Crippen MR) is 58.0 cm³/mol. The van der Waals surface area contributed by atoms with Crippen molar-refractivity contribution in [3.63, 3.8) is 0 Å². The Morgan fingerprint density at radius 2 is 2.67 bits per heavy atom. The first-order valence-corrected chi connectivity index (χ1v) is 5.83. The number of aromatic nitrogens is 2. The van der Waals surface area contributed by atoms with Crippen LogP contribution in [0.15, 0.2) is 12.3 Å². The van der Waals surface area contributed by atoms with Gasteiger partial charge >= 0.3 is 0 Å². The summed E-state index contributed by atoms with van der Waals surface area (Å²) in [6.45, 7) is 1.24. The Morgan fingerprint density at radius 1 is 1.80 bits per heavy atom. The summed E-state index contributed by atoms with van der Waals surface area (Å²) in [5.41, 5.74) is 0.199. The quantitative estimate of drug-likeness (QED) is 0.797. The molecule has 0 aliphatic carbocycles. The highest BCUT2D eigenvalue weighted by molar-refractivity contribution is 9.09. The molecule has 1 fully saturated rings. The van der Waals surface area contributed by atoms with E-state index in [-0.39, 0.29) is 11.4 Å². The highest BCUT2D eigenvalue weighted by Gasteiger charge is 2.35. The lowest BCUT2D eigenvalue weighted by Crippen LogP contribution is -2.50. The second-order valence-electron chi connectivity index (χ2n) is 3.64. The molecule has 1 amide bonds. The SMILES string of the molecule is O=C(NC1(CBr)CCOC1)c1ccn[nH]1. The maximum absolute atomic E-state index is 11.8. The number of ether oxygens (including phenoxy) is 1. The van der Waals surface area contributed by atoms with Crippen LogP contribution in [0.2, 0.25) is 0 Å². The molecule has 1 saturated heterocycles. The van der Waals surface area contributed by atoms with E-state index in [9.17, 15) is 4.79 Å². The lowest BCUT2D eigenvalue weighted by Gasteiger charge is -2.25. The van der Waals surface area contributed by atoms with Crippen molar-refractivity contribution >= 4 is 21.8 Å². The van der Waals surface area contributed by atoms with Crippen LogP contribution >= 0.6 is 15.9 Å². The van der Waals surface area contributed by atoms with Gasteiger partial charge in [-0.05, 0) is 12.5 Å². The number of hydrogen-bond acceptors (Lipinski definition) is 3. The minimum Gasteiger partial charge on any atom is -0.379 e. The van der Waals surface area contributed by atoms with Crippen LogP contribution in [0.1, 0.15) is 16.9 Å². The van der Waals surface area contributed by atoms with Gasteiger partial charge in [0.05, 0.1) is 12.1 Å². The van der Waals surface area contributed by atoms with Crippen LogP contribution in [0.5, 0.6) is 0 Å². The first-order chi connectivity index (χ1) is 7.26.